The molecule has 166 valence electrons. The van der Waals surface area contributed by atoms with Gasteiger partial charge in [-0.3, -0.25) is 9.59 Å². The number of fused-ring (bicyclic) bond motifs is 1. The van der Waals surface area contributed by atoms with Crippen molar-refractivity contribution in [1.82, 2.24) is 0 Å². The minimum absolute atomic E-state index is 0.150. The van der Waals surface area contributed by atoms with Crippen LogP contribution < -0.4 is 24.4 Å². The Morgan fingerprint density at radius 2 is 1.64 bits per heavy atom. The van der Waals surface area contributed by atoms with E-state index in [4.69, 9.17) is 14.2 Å². The van der Waals surface area contributed by atoms with Crippen LogP contribution >= 0.6 is 0 Å². The van der Waals surface area contributed by atoms with E-state index in [1.165, 1.54) is 4.90 Å². The topological polar surface area (TPSA) is 77.1 Å². The molecule has 0 spiro atoms. The number of hydrogen-bond acceptors (Lipinski definition) is 6. The van der Waals surface area contributed by atoms with Gasteiger partial charge in [-0.05, 0) is 53.9 Å². The summed E-state index contributed by atoms with van der Waals surface area (Å²) in [7, 11) is 1.58. The summed E-state index contributed by atoms with van der Waals surface area (Å²) in [5.41, 5.74) is 3.37. The highest BCUT2D eigenvalue weighted by atomic mass is 16.7. The van der Waals surface area contributed by atoms with Crippen LogP contribution in [0, 0.1) is 0 Å². The number of nitrogens with zero attached hydrogens (tertiary/aromatic N) is 1. The number of carbonyl (C=O) groups excluding carboxylic acids is 2. The van der Waals surface area contributed by atoms with Crippen LogP contribution in [0.1, 0.15) is 18.1 Å². The predicted octanol–water partition coefficient (Wildman–Crippen LogP) is 4.38. The molecule has 3 aromatic carbocycles. The standard InChI is InChI=1S/C26H22N2O5/c1-3-16-4-9-19(10-5-16)28-25(29)23(17-6-11-20(31-2)12-7-17)24(26(28)30)27-18-8-13-21-22(14-18)33-15-32-21/h4-14,27H,3,15H2,1-2H3. The third kappa shape index (κ3) is 3.67. The quantitative estimate of drug-likeness (QED) is 0.571. The summed E-state index contributed by atoms with van der Waals surface area (Å²) in [6.45, 7) is 2.20. The minimum Gasteiger partial charge on any atom is -0.497 e. The molecule has 2 aliphatic heterocycles. The van der Waals surface area contributed by atoms with E-state index in [-0.39, 0.29) is 12.5 Å². The van der Waals surface area contributed by atoms with Crippen molar-refractivity contribution in [1.29, 1.82) is 0 Å². The van der Waals surface area contributed by atoms with Gasteiger partial charge in [0.2, 0.25) is 6.79 Å². The van der Waals surface area contributed by atoms with E-state index in [2.05, 4.69) is 12.2 Å². The number of aryl methyl sites for hydroxylation is 1. The summed E-state index contributed by atoms with van der Waals surface area (Å²) in [4.78, 5) is 28.3. The molecular formula is C26H22N2O5. The minimum atomic E-state index is -0.423. The fourth-order valence-electron chi connectivity index (χ4n) is 3.91. The fraction of sp³-hybridized carbons (Fsp3) is 0.154. The SMILES string of the molecule is CCc1ccc(N2C(=O)C(Nc3ccc4c(c3)OCO4)=C(c3ccc(OC)cc3)C2=O)cc1. The summed E-state index contributed by atoms with van der Waals surface area (Å²) in [6, 6.07) is 19.8. The first-order valence-corrected chi connectivity index (χ1v) is 10.6. The zero-order chi connectivity index (χ0) is 22.9. The molecule has 2 amide bonds. The molecule has 1 N–H and O–H groups in total. The third-order valence-electron chi connectivity index (χ3n) is 5.71. The third-order valence-corrected chi connectivity index (χ3v) is 5.71. The van der Waals surface area contributed by atoms with Crippen LogP contribution in [0.15, 0.2) is 72.4 Å². The van der Waals surface area contributed by atoms with E-state index >= 15 is 0 Å². The van der Waals surface area contributed by atoms with E-state index in [0.29, 0.717) is 39.8 Å². The van der Waals surface area contributed by atoms with Crippen molar-refractivity contribution < 1.29 is 23.8 Å². The van der Waals surface area contributed by atoms with Crippen LogP contribution in [-0.2, 0) is 16.0 Å². The van der Waals surface area contributed by atoms with Crippen LogP contribution in [-0.4, -0.2) is 25.7 Å². The van der Waals surface area contributed by atoms with Gasteiger partial charge in [0, 0.05) is 11.8 Å². The highest BCUT2D eigenvalue weighted by Gasteiger charge is 2.40. The molecule has 0 aromatic heterocycles. The Morgan fingerprint density at radius 3 is 2.33 bits per heavy atom. The van der Waals surface area contributed by atoms with Crippen molar-refractivity contribution >= 4 is 28.8 Å². The van der Waals surface area contributed by atoms with Crippen molar-refractivity contribution in [2.45, 2.75) is 13.3 Å². The number of methoxy groups -OCH3 is 1. The predicted molar refractivity (Wildman–Crippen MR) is 124 cm³/mol. The molecule has 2 heterocycles. The van der Waals surface area contributed by atoms with Gasteiger partial charge in [0.05, 0.1) is 18.4 Å². The lowest BCUT2D eigenvalue weighted by Gasteiger charge is -2.16. The summed E-state index contributed by atoms with van der Waals surface area (Å²) in [6.07, 6.45) is 0.869. The number of rotatable bonds is 6. The molecule has 0 atom stereocenters. The second-order valence-corrected chi connectivity index (χ2v) is 7.64. The van der Waals surface area contributed by atoms with Crippen LogP contribution in [0.25, 0.3) is 5.57 Å². The van der Waals surface area contributed by atoms with Gasteiger partial charge in [0.25, 0.3) is 11.8 Å². The summed E-state index contributed by atoms with van der Waals surface area (Å²) in [5, 5.41) is 3.15. The molecule has 0 radical (unpaired) electrons. The zero-order valence-electron chi connectivity index (χ0n) is 18.3. The number of anilines is 2. The van der Waals surface area contributed by atoms with E-state index < -0.39 is 11.8 Å². The zero-order valence-corrected chi connectivity index (χ0v) is 18.3. The highest BCUT2D eigenvalue weighted by Crippen LogP contribution is 2.38. The molecule has 2 aliphatic rings. The van der Waals surface area contributed by atoms with E-state index in [0.717, 1.165) is 12.0 Å². The van der Waals surface area contributed by atoms with Crippen LogP contribution in [0.4, 0.5) is 11.4 Å². The molecule has 0 aliphatic carbocycles. The van der Waals surface area contributed by atoms with Crippen molar-refractivity contribution in [2.75, 3.05) is 24.1 Å². The second-order valence-electron chi connectivity index (χ2n) is 7.64. The largest absolute Gasteiger partial charge is 0.497 e. The molecule has 0 saturated carbocycles. The Kier molecular flexibility index (Phi) is 5.22. The second kappa shape index (κ2) is 8.35. The highest BCUT2D eigenvalue weighted by molar-refractivity contribution is 6.46. The van der Waals surface area contributed by atoms with Gasteiger partial charge in [-0.25, -0.2) is 4.90 Å². The summed E-state index contributed by atoms with van der Waals surface area (Å²) >= 11 is 0. The van der Waals surface area contributed by atoms with Gasteiger partial charge in [0.15, 0.2) is 11.5 Å². The van der Waals surface area contributed by atoms with Crippen molar-refractivity contribution in [2.24, 2.45) is 0 Å². The van der Waals surface area contributed by atoms with Crippen molar-refractivity contribution in [3.05, 3.63) is 83.6 Å². The maximum Gasteiger partial charge on any atom is 0.282 e. The first kappa shape index (κ1) is 20.6. The van der Waals surface area contributed by atoms with E-state index in [9.17, 15) is 9.59 Å². The number of ether oxygens (including phenoxy) is 3. The number of carbonyl (C=O) groups is 2. The normalized spacial score (nSPS) is 14.8. The first-order valence-electron chi connectivity index (χ1n) is 10.6. The Bertz CT molecular complexity index is 1260. The van der Waals surface area contributed by atoms with Crippen LogP contribution in [0.3, 0.4) is 0 Å². The number of benzene rings is 3. The first-order chi connectivity index (χ1) is 16.1. The monoisotopic (exact) mass is 442 g/mol. The molecule has 33 heavy (non-hydrogen) atoms. The van der Waals surface area contributed by atoms with Gasteiger partial charge in [0.1, 0.15) is 11.4 Å². The smallest absolute Gasteiger partial charge is 0.282 e. The lowest BCUT2D eigenvalue weighted by Crippen LogP contribution is -2.32. The average molecular weight is 442 g/mol. The lowest BCUT2D eigenvalue weighted by molar-refractivity contribution is -0.120. The Labute approximate surface area is 191 Å². The maximum atomic E-state index is 13.5. The van der Waals surface area contributed by atoms with Crippen LogP contribution in [0.5, 0.6) is 17.2 Å². The molecule has 3 aromatic rings. The Morgan fingerprint density at radius 1 is 0.909 bits per heavy atom. The van der Waals surface area contributed by atoms with Crippen molar-refractivity contribution in [3.63, 3.8) is 0 Å². The van der Waals surface area contributed by atoms with Gasteiger partial charge in [-0.15, -0.1) is 0 Å². The molecule has 0 unspecified atom stereocenters. The summed E-state index contributed by atoms with van der Waals surface area (Å²) < 4.78 is 16.0. The van der Waals surface area contributed by atoms with Crippen molar-refractivity contribution in [3.8, 4) is 17.2 Å². The maximum absolute atomic E-state index is 13.5. The van der Waals surface area contributed by atoms with Crippen LogP contribution in [0.2, 0.25) is 0 Å². The number of amides is 2. The van der Waals surface area contributed by atoms with Gasteiger partial charge < -0.3 is 19.5 Å². The molecular weight excluding hydrogens is 420 g/mol. The Hall–Kier alpha value is -4.26. The van der Waals surface area contributed by atoms with Gasteiger partial charge in [-0.2, -0.15) is 0 Å². The van der Waals surface area contributed by atoms with Gasteiger partial charge >= 0.3 is 0 Å². The Balaban J connectivity index is 1.56. The van der Waals surface area contributed by atoms with E-state index in [1.54, 1.807) is 61.7 Å². The average Bonchev–Trinajstić information content (AvgIpc) is 3.41. The van der Waals surface area contributed by atoms with Gasteiger partial charge in [-0.1, -0.05) is 31.2 Å². The fourth-order valence-corrected chi connectivity index (χ4v) is 3.91. The summed E-state index contributed by atoms with van der Waals surface area (Å²) in [5.74, 6) is 1.06. The number of nitrogens with one attached hydrogen (secondary N) is 1. The molecule has 0 fully saturated rings. The molecule has 5 rings (SSSR count). The van der Waals surface area contributed by atoms with E-state index in [1.807, 2.05) is 12.1 Å². The molecule has 7 nitrogen and oxygen atoms in total. The molecule has 7 heteroatoms. The molecule has 0 saturated heterocycles. The number of hydrogen-bond donors (Lipinski definition) is 1. The number of imide groups is 1. The molecule has 0 bridgehead atoms. The lowest BCUT2D eigenvalue weighted by atomic mass is 10.0.